The number of nitrogens with one attached hydrogen (secondary N) is 1. The van der Waals surface area contributed by atoms with Crippen LogP contribution < -0.4 is 5.32 Å². The highest BCUT2D eigenvalue weighted by atomic mass is 19.4. The van der Waals surface area contributed by atoms with E-state index < -0.39 is 40.8 Å². The van der Waals surface area contributed by atoms with Crippen LogP contribution in [0.4, 0.5) is 26.3 Å². The lowest BCUT2D eigenvalue weighted by Crippen LogP contribution is -2.28. The van der Waals surface area contributed by atoms with Gasteiger partial charge in [0.25, 0.3) is 5.91 Å². The molecular formula is C23H17F6N5O. The molecule has 0 spiro atoms. The van der Waals surface area contributed by atoms with E-state index in [2.05, 4.69) is 15.5 Å². The van der Waals surface area contributed by atoms with Gasteiger partial charge >= 0.3 is 12.4 Å². The summed E-state index contributed by atoms with van der Waals surface area (Å²) >= 11 is 0. The lowest BCUT2D eigenvalue weighted by molar-refractivity contribution is -0.143. The van der Waals surface area contributed by atoms with Gasteiger partial charge in [0.1, 0.15) is 0 Å². The first kappa shape index (κ1) is 24.0. The molecule has 0 radical (unpaired) electrons. The number of amides is 1. The molecule has 2 aromatic carbocycles. The van der Waals surface area contributed by atoms with Gasteiger partial charge in [-0.2, -0.15) is 36.5 Å². The van der Waals surface area contributed by atoms with Crippen LogP contribution in [0.3, 0.4) is 0 Å². The predicted molar refractivity (Wildman–Crippen MR) is 113 cm³/mol. The molecule has 2 heterocycles. The average Bonchev–Trinajstić information content (AvgIpc) is 3.47. The first-order chi connectivity index (χ1) is 16.5. The highest BCUT2D eigenvalue weighted by molar-refractivity contribution is 5.95. The second-order valence-corrected chi connectivity index (χ2v) is 7.50. The zero-order valence-corrected chi connectivity index (χ0v) is 17.8. The first-order valence-electron chi connectivity index (χ1n) is 10.2. The molecule has 6 nitrogen and oxygen atoms in total. The molecule has 0 aliphatic heterocycles. The molecule has 182 valence electrons. The molecule has 2 aromatic heterocycles. The number of nitrogens with zero attached hydrogens (tertiary/aromatic N) is 4. The Labute approximate surface area is 194 Å². The van der Waals surface area contributed by atoms with Gasteiger partial charge in [0.15, 0.2) is 5.69 Å². The van der Waals surface area contributed by atoms with Crippen molar-refractivity contribution in [1.82, 2.24) is 24.9 Å². The van der Waals surface area contributed by atoms with Crippen molar-refractivity contribution in [3.63, 3.8) is 0 Å². The minimum Gasteiger partial charge on any atom is -0.352 e. The summed E-state index contributed by atoms with van der Waals surface area (Å²) in [5.74, 6) is -1.05. The van der Waals surface area contributed by atoms with Crippen LogP contribution in [-0.4, -0.2) is 32.0 Å². The number of hydrogen-bond acceptors (Lipinski definition) is 3. The van der Waals surface area contributed by atoms with E-state index in [-0.39, 0.29) is 11.2 Å². The van der Waals surface area contributed by atoms with Crippen molar-refractivity contribution >= 4 is 5.91 Å². The number of alkyl halides is 6. The first-order valence-corrected chi connectivity index (χ1v) is 10.2. The van der Waals surface area contributed by atoms with Gasteiger partial charge in [-0.25, -0.2) is 9.36 Å². The van der Waals surface area contributed by atoms with Crippen molar-refractivity contribution in [1.29, 1.82) is 0 Å². The van der Waals surface area contributed by atoms with Gasteiger partial charge in [-0.05, 0) is 42.3 Å². The smallest absolute Gasteiger partial charge is 0.352 e. The van der Waals surface area contributed by atoms with Crippen LogP contribution in [0, 0.1) is 0 Å². The summed E-state index contributed by atoms with van der Waals surface area (Å²) in [5, 5.41) is 10.2. The number of carbonyl (C=O) groups excluding carboxylic acids is 1. The topological polar surface area (TPSA) is 64.7 Å². The molecule has 12 heteroatoms. The molecule has 1 amide bonds. The highest BCUT2D eigenvalue weighted by Crippen LogP contribution is 2.35. The minimum atomic E-state index is -5.05. The molecular weight excluding hydrogens is 476 g/mol. The fourth-order valence-electron chi connectivity index (χ4n) is 3.42. The molecule has 1 N–H and O–H groups in total. The van der Waals surface area contributed by atoms with Crippen LogP contribution >= 0.6 is 0 Å². The minimum absolute atomic E-state index is 0.00531. The van der Waals surface area contributed by atoms with E-state index in [0.717, 1.165) is 29.4 Å². The average molecular weight is 493 g/mol. The fourth-order valence-corrected chi connectivity index (χ4v) is 3.42. The monoisotopic (exact) mass is 493 g/mol. The maximum Gasteiger partial charge on any atom is 0.434 e. The summed E-state index contributed by atoms with van der Waals surface area (Å²) in [4.78, 5) is 12.5. The van der Waals surface area contributed by atoms with Gasteiger partial charge in [-0.15, -0.1) is 0 Å². The normalized spacial score (nSPS) is 12.1. The van der Waals surface area contributed by atoms with Crippen LogP contribution in [0.15, 0.2) is 73.2 Å². The van der Waals surface area contributed by atoms with E-state index in [9.17, 15) is 31.1 Å². The van der Waals surface area contributed by atoms with Crippen molar-refractivity contribution in [2.24, 2.45) is 0 Å². The Hall–Kier alpha value is -4.09. The summed E-state index contributed by atoms with van der Waals surface area (Å²) in [5.41, 5.74) is -2.31. The van der Waals surface area contributed by atoms with Crippen molar-refractivity contribution in [3.8, 4) is 11.4 Å². The maximum absolute atomic E-state index is 13.8. The molecule has 35 heavy (non-hydrogen) atoms. The van der Waals surface area contributed by atoms with E-state index in [1.807, 2.05) is 30.3 Å². The number of benzene rings is 2. The van der Waals surface area contributed by atoms with Gasteiger partial charge in [0.05, 0.1) is 34.9 Å². The molecule has 0 aliphatic carbocycles. The van der Waals surface area contributed by atoms with Crippen LogP contribution in [0.25, 0.3) is 11.4 Å². The Kier molecular flexibility index (Phi) is 6.37. The zero-order valence-electron chi connectivity index (χ0n) is 17.8. The SMILES string of the molecule is O=C(NCCc1cnn(-c2ccccc2)c1)c1cnn(-c2cccc(C(F)(F)F)c2)c1C(F)(F)F. The number of halogens is 6. The highest BCUT2D eigenvalue weighted by Gasteiger charge is 2.41. The summed E-state index contributed by atoms with van der Waals surface area (Å²) in [6.07, 6.45) is -5.52. The van der Waals surface area contributed by atoms with Crippen LogP contribution in [0.5, 0.6) is 0 Å². The lowest BCUT2D eigenvalue weighted by atomic mass is 10.1. The number of para-hydroxylation sites is 1. The van der Waals surface area contributed by atoms with Crippen molar-refractivity contribution in [2.45, 2.75) is 18.8 Å². The standard InChI is InChI=1S/C23H17F6N5O/c24-22(25,26)16-5-4-8-18(11-16)34-20(23(27,28)29)19(13-32-34)21(35)30-10-9-15-12-31-33(14-15)17-6-2-1-3-7-17/h1-8,11-14H,9-10H2,(H,30,35). The van der Waals surface area contributed by atoms with E-state index in [1.165, 1.54) is 0 Å². The number of hydrogen-bond donors (Lipinski definition) is 1. The molecule has 0 saturated carbocycles. The van der Waals surface area contributed by atoms with Gasteiger partial charge in [0, 0.05) is 12.7 Å². The fraction of sp³-hybridized carbons (Fsp3) is 0.174. The van der Waals surface area contributed by atoms with Gasteiger partial charge < -0.3 is 5.32 Å². The molecule has 0 aliphatic rings. The molecule has 0 atom stereocenters. The second kappa shape index (κ2) is 9.28. The van der Waals surface area contributed by atoms with Crippen molar-refractivity contribution in [3.05, 3.63) is 95.6 Å². The number of aromatic nitrogens is 4. The Morgan fingerprint density at radius 2 is 1.57 bits per heavy atom. The van der Waals surface area contributed by atoms with Gasteiger partial charge in [0.2, 0.25) is 0 Å². The molecule has 4 aromatic rings. The van der Waals surface area contributed by atoms with Crippen LogP contribution in [0.1, 0.15) is 27.2 Å². The van der Waals surface area contributed by atoms with E-state index >= 15 is 0 Å². The van der Waals surface area contributed by atoms with E-state index in [4.69, 9.17) is 0 Å². The molecule has 0 bridgehead atoms. The third kappa shape index (κ3) is 5.36. The second-order valence-electron chi connectivity index (χ2n) is 7.50. The third-order valence-electron chi connectivity index (χ3n) is 5.06. The summed E-state index contributed by atoms with van der Waals surface area (Å²) in [6.45, 7) is 0.00531. The predicted octanol–water partition coefficient (Wildman–Crippen LogP) is 5.07. The van der Waals surface area contributed by atoms with Crippen LogP contribution in [0.2, 0.25) is 0 Å². The van der Waals surface area contributed by atoms with E-state index in [0.29, 0.717) is 18.7 Å². The van der Waals surface area contributed by atoms with Crippen LogP contribution in [-0.2, 0) is 18.8 Å². The maximum atomic E-state index is 13.8. The lowest BCUT2D eigenvalue weighted by Gasteiger charge is -2.14. The number of rotatable bonds is 6. The Balaban J connectivity index is 1.51. The molecule has 0 fully saturated rings. The largest absolute Gasteiger partial charge is 0.434 e. The number of carbonyl (C=O) groups is 1. The molecule has 0 unspecified atom stereocenters. The Morgan fingerprint density at radius 1 is 0.857 bits per heavy atom. The van der Waals surface area contributed by atoms with Gasteiger partial charge in [-0.1, -0.05) is 24.3 Å². The zero-order chi connectivity index (χ0) is 25.2. The van der Waals surface area contributed by atoms with E-state index in [1.54, 1.807) is 17.1 Å². The summed E-state index contributed by atoms with van der Waals surface area (Å²) in [6, 6.07) is 12.5. The molecule has 4 rings (SSSR count). The third-order valence-corrected chi connectivity index (χ3v) is 5.06. The summed E-state index contributed by atoms with van der Waals surface area (Å²) in [7, 11) is 0. The quantitative estimate of drug-likeness (QED) is 0.382. The van der Waals surface area contributed by atoms with Gasteiger partial charge in [-0.3, -0.25) is 4.79 Å². The Morgan fingerprint density at radius 3 is 2.26 bits per heavy atom. The molecule has 0 saturated heterocycles. The van der Waals surface area contributed by atoms with Crippen molar-refractivity contribution in [2.75, 3.05) is 6.54 Å². The van der Waals surface area contributed by atoms with Crippen molar-refractivity contribution < 1.29 is 31.1 Å². The Bertz CT molecular complexity index is 1320. The summed E-state index contributed by atoms with van der Waals surface area (Å²) < 4.78 is 82.3.